The highest BCUT2D eigenvalue weighted by atomic mass is 79.9. The number of hydrogen-bond donors (Lipinski definition) is 1. The maximum Gasteiger partial charge on any atom is 0.157 e. The lowest BCUT2D eigenvalue weighted by atomic mass is 10.1. The third-order valence-electron chi connectivity index (χ3n) is 3.70. The first-order valence-electron chi connectivity index (χ1n) is 7.53. The van der Waals surface area contributed by atoms with Crippen molar-refractivity contribution >= 4 is 27.4 Å². The maximum atomic E-state index is 4.69. The van der Waals surface area contributed by atoms with E-state index in [0.29, 0.717) is 6.54 Å². The van der Waals surface area contributed by atoms with Crippen LogP contribution in [0.3, 0.4) is 0 Å². The Balaban J connectivity index is 1.72. The molecule has 4 rings (SSSR count). The molecule has 0 aliphatic rings. The summed E-state index contributed by atoms with van der Waals surface area (Å²) in [5, 5.41) is 7.79. The van der Waals surface area contributed by atoms with E-state index in [1.54, 1.807) is 18.6 Å². The normalized spacial score (nSPS) is 10.9. The van der Waals surface area contributed by atoms with Crippen molar-refractivity contribution in [2.75, 3.05) is 5.32 Å². The van der Waals surface area contributed by atoms with Crippen LogP contribution in [0.4, 0.5) is 5.82 Å². The first kappa shape index (κ1) is 14.8. The second-order valence-corrected chi connectivity index (χ2v) is 6.26. The SMILES string of the molecule is Brc1cccc(-c2cc(NCc3ccncc3)n3nccc3n2)c1. The standard InChI is InChI=1S/C18H14BrN5/c19-15-3-1-2-14(10-15)16-11-18(24-17(23-16)6-9-22-24)21-12-13-4-7-20-8-5-13/h1-11,21H,12H2. The van der Waals surface area contributed by atoms with Gasteiger partial charge in [0, 0.05) is 41.1 Å². The fourth-order valence-corrected chi connectivity index (χ4v) is 2.93. The summed E-state index contributed by atoms with van der Waals surface area (Å²) in [7, 11) is 0. The molecule has 0 bridgehead atoms. The Morgan fingerprint density at radius 2 is 1.88 bits per heavy atom. The first-order valence-corrected chi connectivity index (χ1v) is 8.32. The summed E-state index contributed by atoms with van der Waals surface area (Å²) in [6.45, 7) is 0.694. The topological polar surface area (TPSA) is 55.1 Å². The Bertz CT molecular complexity index is 981. The summed E-state index contributed by atoms with van der Waals surface area (Å²) in [6, 6.07) is 16.0. The van der Waals surface area contributed by atoms with Crippen molar-refractivity contribution in [3.63, 3.8) is 0 Å². The molecule has 3 aromatic heterocycles. The molecule has 0 saturated heterocycles. The molecule has 3 heterocycles. The molecular weight excluding hydrogens is 366 g/mol. The lowest BCUT2D eigenvalue weighted by Gasteiger charge is -2.11. The van der Waals surface area contributed by atoms with E-state index in [4.69, 9.17) is 4.98 Å². The van der Waals surface area contributed by atoms with Gasteiger partial charge in [0.2, 0.25) is 0 Å². The van der Waals surface area contributed by atoms with Crippen LogP contribution < -0.4 is 5.32 Å². The largest absolute Gasteiger partial charge is 0.366 e. The Morgan fingerprint density at radius 3 is 2.71 bits per heavy atom. The summed E-state index contributed by atoms with van der Waals surface area (Å²) < 4.78 is 2.84. The monoisotopic (exact) mass is 379 g/mol. The second-order valence-electron chi connectivity index (χ2n) is 5.35. The van der Waals surface area contributed by atoms with Crippen LogP contribution in [0.15, 0.2) is 71.6 Å². The third-order valence-corrected chi connectivity index (χ3v) is 4.20. The molecule has 118 valence electrons. The highest BCUT2D eigenvalue weighted by molar-refractivity contribution is 9.10. The van der Waals surface area contributed by atoms with Gasteiger partial charge in [-0.1, -0.05) is 28.1 Å². The highest BCUT2D eigenvalue weighted by Crippen LogP contribution is 2.25. The van der Waals surface area contributed by atoms with Crippen LogP contribution in [0.25, 0.3) is 16.9 Å². The van der Waals surface area contributed by atoms with Crippen LogP contribution in [-0.2, 0) is 6.54 Å². The van der Waals surface area contributed by atoms with Gasteiger partial charge in [0.05, 0.1) is 11.9 Å². The van der Waals surface area contributed by atoms with Crippen molar-refractivity contribution in [3.05, 3.63) is 77.2 Å². The minimum atomic E-state index is 0.694. The molecule has 0 aliphatic heterocycles. The molecule has 0 radical (unpaired) electrons. The number of aromatic nitrogens is 4. The zero-order valence-electron chi connectivity index (χ0n) is 12.7. The summed E-state index contributed by atoms with van der Waals surface area (Å²) >= 11 is 3.51. The molecule has 0 spiro atoms. The first-order chi connectivity index (χ1) is 11.8. The van der Waals surface area contributed by atoms with Crippen molar-refractivity contribution < 1.29 is 0 Å². The number of hydrogen-bond acceptors (Lipinski definition) is 4. The number of nitrogens with one attached hydrogen (secondary N) is 1. The summed E-state index contributed by atoms with van der Waals surface area (Å²) in [6.07, 6.45) is 5.34. The van der Waals surface area contributed by atoms with Crippen molar-refractivity contribution in [3.8, 4) is 11.3 Å². The Hall–Kier alpha value is -2.73. The number of nitrogens with zero attached hydrogens (tertiary/aromatic N) is 4. The van der Waals surface area contributed by atoms with E-state index in [9.17, 15) is 0 Å². The number of rotatable bonds is 4. The predicted octanol–water partition coefficient (Wildman–Crippen LogP) is 4.17. The maximum absolute atomic E-state index is 4.69. The summed E-state index contributed by atoms with van der Waals surface area (Å²) in [5.41, 5.74) is 3.93. The highest BCUT2D eigenvalue weighted by Gasteiger charge is 2.08. The number of pyridine rings is 1. The Kier molecular flexibility index (Phi) is 3.96. The summed E-state index contributed by atoms with van der Waals surface area (Å²) in [5.74, 6) is 0.900. The van der Waals surface area contributed by atoms with Gasteiger partial charge in [-0.05, 0) is 29.8 Å². The van der Waals surface area contributed by atoms with E-state index in [2.05, 4.69) is 37.4 Å². The van der Waals surface area contributed by atoms with E-state index < -0.39 is 0 Å². The molecule has 1 N–H and O–H groups in total. The molecule has 0 fully saturated rings. The Labute approximate surface area is 147 Å². The van der Waals surface area contributed by atoms with Gasteiger partial charge in [0.15, 0.2) is 5.65 Å². The van der Waals surface area contributed by atoms with E-state index in [-0.39, 0.29) is 0 Å². The van der Waals surface area contributed by atoms with Gasteiger partial charge in [-0.25, -0.2) is 4.98 Å². The molecule has 0 unspecified atom stereocenters. The van der Waals surface area contributed by atoms with Crippen molar-refractivity contribution in [1.82, 2.24) is 19.6 Å². The fourth-order valence-electron chi connectivity index (χ4n) is 2.53. The molecule has 0 atom stereocenters. The van der Waals surface area contributed by atoms with Crippen LogP contribution in [0.2, 0.25) is 0 Å². The van der Waals surface area contributed by atoms with Crippen molar-refractivity contribution in [1.29, 1.82) is 0 Å². The average Bonchev–Trinajstić information content (AvgIpc) is 3.09. The van der Waals surface area contributed by atoms with Gasteiger partial charge >= 0.3 is 0 Å². The van der Waals surface area contributed by atoms with Gasteiger partial charge in [0.25, 0.3) is 0 Å². The van der Waals surface area contributed by atoms with Gasteiger partial charge in [-0.3, -0.25) is 4.98 Å². The number of benzene rings is 1. The van der Waals surface area contributed by atoms with E-state index in [1.165, 1.54) is 0 Å². The lowest BCUT2D eigenvalue weighted by molar-refractivity contribution is 0.926. The number of anilines is 1. The minimum Gasteiger partial charge on any atom is -0.366 e. The second kappa shape index (κ2) is 6.41. The number of fused-ring (bicyclic) bond motifs is 1. The minimum absolute atomic E-state index is 0.694. The quantitative estimate of drug-likeness (QED) is 0.578. The van der Waals surface area contributed by atoms with E-state index >= 15 is 0 Å². The predicted molar refractivity (Wildman–Crippen MR) is 97.7 cm³/mol. The van der Waals surface area contributed by atoms with Crippen LogP contribution in [-0.4, -0.2) is 19.6 Å². The molecule has 5 nitrogen and oxygen atoms in total. The van der Waals surface area contributed by atoms with Crippen molar-refractivity contribution in [2.45, 2.75) is 6.54 Å². The van der Waals surface area contributed by atoms with Crippen LogP contribution in [0.1, 0.15) is 5.56 Å². The van der Waals surface area contributed by atoms with Gasteiger partial charge in [0.1, 0.15) is 5.82 Å². The molecule has 0 saturated carbocycles. The van der Waals surface area contributed by atoms with Crippen LogP contribution >= 0.6 is 15.9 Å². The molecule has 0 amide bonds. The van der Waals surface area contributed by atoms with Crippen LogP contribution in [0, 0.1) is 0 Å². The summed E-state index contributed by atoms with van der Waals surface area (Å²) in [4.78, 5) is 8.74. The molecule has 24 heavy (non-hydrogen) atoms. The molecule has 0 aliphatic carbocycles. The van der Waals surface area contributed by atoms with Crippen LogP contribution in [0.5, 0.6) is 0 Å². The zero-order valence-corrected chi connectivity index (χ0v) is 14.3. The average molecular weight is 380 g/mol. The van der Waals surface area contributed by atoms with E-state index in [0.717, 1.165) is 32.8 Å². The fraction of sp³-hybridized carbons (Fsp3) is 0.0556. The van der Waals surface area contributed by atoms with Gasteiger partial charge < -0.3 is 5.32 Å². The molecule has 1 aromatic carbocycles. The molecule has 4 aromatic rings. The van der Waals surface area contributed by atoms with E-state index in [1.807, 2.05) is 47.0 Å². The Morgan fingerprint density at radius 1 is 1.00 bits per heavy atom. The zero-order chi connectivity index (χ0) is 16.4. The van der Waals surface area contributed by atoms with Gasteiger partial charge in [-0.15, -0.1) is 0 Å². The van der Waals surface area contributed by atoms with Gasteiger partial charge in [-0.2, -0.15) is 9.61 Å². The third kappa shape index (κ3) is 3.00. The lowest BCUT2D eigenvalue weighted by Crippen LogP contribution is -2.06. The smallest absolute Gasteiger partial charge is 0.157 e. The molecular formula is C18H14BrN5. The number of halogens is 1. The van der Waals surface area contributed by atoms with Crippen molar-refractivity contribution in [2.24, 2.45) is 0 Å². The molecule has 6 heteroatoms.